The first-order chi connectivity index (χ1) is 13.3. The van der Waals surface area contributed by atoms with Gasteiger partial charge in [0.1, 0.15) is 11.6 Å². The van der Waals surface area contributed by atoms with E-state index in [1.54, 1.807) is 18.3 Å². The molecule has 0 aliphatic heterocycles. The summed E-state index contributed by atoms with van der Waals surface area (Å²) in [4.78, 5) is 9.12. The number of imidazole rings is 1. The topological polar surface area (TPSA) is 30.2 Å². The van der Waals surface area contributed by atoms with Crippen LogP contribution in [0.15, 0.2) is 67.1 Å². The van der Waals surface area contributed by atoms with Gasteiger partial charge in [0.15, 0.2) is 0 Å². The number of fused-ring (bicyclic) bond motifs is 2. The van der Waals surface area contributed by atoms with Crippen LogP contribution >= 0.6 is 0 Å². The molecule has 0 saturated heterocycles. The highest BCUT2D eigenvalue weighted by Crippen LogP contribution is 2.30. The van der Waals surface area contributed by atoms with Gasteiger partial charge in [0.05, 0.1) is 17.4 Å². The summed E-state index contributed by atoms with van der Waals surface area (Å²) >= 11 is 0. The average Bonchev–Trinajstić information content (AvgIpc) is 3.28. The summed E-state index contributed by atoms with van der Waals surface area (Å²) < 4.78 is 15.4. The van der Waals surface area contributed by atoms with E-state index in [0.717, 1.165) is 41.9 Å². The second-order valence-electron chi connectivity index (χ2n) is 7.09. The van der Waals surface area contributed by atoms with Crippen molar-refractivity contribution < 1.29 is 4.39 Å². The highest BCUT2D eigenvalue weighted by molar-refractivity contribution is 5.77. The van der Waals surface area contributed by atoms with Crippen molar-refractivity contribution in [1.29, 1.82) is 0 Å². The highest BCUT2D eigenvalue weighted by atomic mass is 19.1. The van der Waals surface area contributed by atoms with E-state index >= 15 is 0 Å². The zero-order valence-electron chi connectivity index (χ0n) is 14.8. The Hall–Kier alpha value is -3.01. The Kier molecular flexibility index (Phi) is 3.97. The minimum absolute atomic E-state index is 0.241. The molecule has 0 N–H and O–H groups in total. The molecule has 4 heteroatoms. The van der Waals surface area contributed by atoms with Crippen molar-refractivity contribution in [2.24, 2.45) is 5.92 Å². The van der Waals surface area contributed by atoms with Crippen molar-refractivity contribution in [2.45, 2.75) is 19.3 Å². The highest BCUT2D eigenvalue weighted by Gasteiger charge is 2.22. The fourth-order valence-corrected chi connectivity index (χ4v) is 4.00. The molecular formula is C23H19FN3. The Morgan fingerprint density at radius 2 is 1.78 bits per heavy atom. The number of aromatic nitrogens is 3. The molecule has 27 heavy (non-hydrogen) atoms. The van der Waals surface area contributed by atoms with Crippen molar-refractivity contribution in [2.75, 3.05) is 0 Å². The smallest absolute Gasteiger partial charge is 0.123 e. The average molecular weight is 356 g/mol. The van der Waals surface area contributed by atoms with Crippen LogP contribution in [0.1, 0.15) is 17.0 Å². The molecule has 0 spiro atoms. The number of hydrogen-bond donors (Lipinski definition) is 0. The van der Waals surface area contributed by atoms with E-state index in [-0.39, 0.29) is 5.82 Å². The van der Waals surface area contributed by atoms with Crippen molar-refractivity contribution in [3.63, 3.8) is 0 Å². The Balaban J connectivity index is 1.42. The number of nitrogens with zero attached hydrogens (tertiary/aromatic N) is 3. The van der Waals surface area contributed by atoms with Crippen LogP contribution in [-0.2, 0) is 19.3 Å². The van der Waals surface area contributed by atoms with Crippen LogP contribution in [0.4, 0.5) is 4.39 Å². The maximum Gasteiger partial charge on any atom is 0.123 e. The van der Waals surface area contributed by atoms with E-state index in [1.807, 2.05) is 12.4 Å². The minimum atomic E-state index is -0.241. The standard InChI is InChI=1S/C23H19FN3/c24-20-8-6-17(7-9-20)23-21-15-25-11-12-27(21)22(26-23)10-5-16-13-18-3-1-2-4-19(18)14-16/h1-9,11-12,15-16H,10,13-14H2. The molecule has 0 unspecified atom stereocenters. The monoisotopic (exact) mass is 356 g/mol. The summed E-state index contributed by atoms with van der Waals surface area (Å²) in [5.41, 5.74) is 5.62. The summed E-state index contributed by atoms with van der Waals surface area (Å²) in [6.45, 7) is 0. The number of halogens is 1. The molecule has 2 aromatic heterocycles. The van der Waals surface area contributed by atoms with Crippen molar-refractivity contribution in [3.05, 3.63) is 96.3 Å². The molecule has 4 aromatic rings. The van der Waals surface area contributed by atoms with Crippen LogP contribution in [0.2, 0.25) is 0 Å². The third-order valence-electron chi connectivity index (χ3n) is 5.35. The quantitative estimate of drug-likeness (QED) is 0.531. The van der Waals surface area contributed by atoms with E-state index in [4.69, 9.17) is 4.98 Å². The van der Waals surface area contributed by atoms with Crippen LogP contribution in [0.5, 0.6) is 0 Å². The van der Waals surface area contributed by atoms with Gasteiger partial charge in [-0.2, -0.15) is 0 Å². The Labute approximate surface area is 157 Å². The van der Waals surface area contributed by atoms with Gasteiger partial charge in [0, 0.05) is 24.4 Å². The molecule has 133 valence electrons. The molecule has 0 bridgehead atoms. The molecule has 2 heterocycles. The summed E-state index contributed by atoms with van der Waals surface area (Å²) in [5, 5.41) is 0. The van der Waals surface area contributed by atoms with Gasteiger partial charge >= 0.3 is 0 Å². The molecule has 1 aliphatic carbocycles. The molecule has 1 radical (unpaired) electrons. The molecule has 0 saturated carbocycles. The zero-order valence-corrected chi connectivity index (χ0v) is 14.8. The number of rotatable bonds is 4. The van der Waals surface area contributed by atoms with E-state index in [1.165, 1.54) is 23.3 Å². The molecule has 1 aliphatic rings. The lowest BCUT2D eigenvalue weighted by atomic mass is 10.00. The predicted octanol–water partition coefficient (Wildman–Crippen LogP) is 4.70. The van der Waals surface area contributed by atoms with E-state index < -0.39 is 0 Å². The van der Waals surface area contributed by atoms with Gasteiger partial charge in [-0.15, -0.1) is 0 Å². The van der Waals surface area contributed by atoms with E-state index in [0.29, 0.717) is 5.92 Å². The second-order valence-corrected chi connectivity index (χ2v) is 7.09. The molecule has 0 atom stereocenters. The normalized spacial score (nSPS) is 14.0. The summed E-state index contributed by atoms with van der Waals surface area (Å²) in [6, 6.07) is 15.2. The molecule has 0 amide bonds. The molecule has 2 aromatic carbocycles. The Morgan fingerprint density at radius 1 is 1.04 bits per heavy atom. The fraction of sp³-hybridized carbons (Fsp3) is 0.174. The minimum Gasteiger partial charge on any atom is -0.300 e. The van der Waals surface area contributed by atoms with Gasteiger partial charge in [-0.25, -0.2) is 9.37 Å². The van der Waals surface area contributed by atoms with Gasteiger partial charge in [-0.1, -0.05) is 24.3 Å². The zero-order chi connectivity index (χ0) is 18.2. The molecule has 0 fully saturated rings. The maximum absolute atomic E-state index is 13.3. The first-order valence-electron chi connectivity index (χ1n) is 9.25. The van der Waals surface area contributed by atoms with Crippen LogP contribution in [0.25, 0.3) is 16.8 Å². The predicted molar refractivity (Wildman–Crippen MR) is 104 cm³/mol. The maximum atomic E-state index is 13.3. The van der Waals surface area contributed by atoms with Gasteiger partial charge in [-0.05, 0) is 60.6 Å². The first-order valence-corrected chi connectivity index (χ1v) is 9.25. The fourth-order valence-electron chi connectivity index (χ4n) is 4.00. The van der Waals surface area contributed by atoms with Crippen LogP contribution < -0.4 is 0 Å². The lowest BCUT2D eigenvalue weighted by molar-refractivity contribution is 0.625. The largest absolute Gasteiger partial charge is 0.300 e. The lowest BCUT2D eigenvalue weighted by Crippen LogP contribution is -2.05. The van der Waals surface area contributed by atoms with Gasteiger partial charge in [0.25, 0.3) is 0 Å². The SMILES string of the molecule is Fc1ccc(-c2nc(C[CH]C3Cc4ccccc4C3)n3ccncc23)cc1. The lowest BCUT2D eigenvalue weighted by Gasteiger charge is -2.07. The van der Waals surface area contributed by atoms with Gasteiger partial charge < -0.3 is 4.40 Å². The second kappa shape index (κ2) is 6.62. The Bertz CT molecular complexity index is 1070. The Morgan fingerprint density at radius 3 is 2.52 bits per heavy atom. The summed E-state index contributed by atoms with van der Waals surface area (Å²) in [7, 11) is 0. The van der Waals surface area contributed by atoms with E-state index in [2.05, 4.69) is 40.1 Å². The molecule has 3 nitrogen and oxygen atoms in total. The third kappa shape index (κ3) is 3.01. The van der Waals surface area contributed by atoms with Crippen molar-refractivity contribution in [1.82, 2.24) is 14.4 Å². The third-order valence-corrected chi connectivity index (χ3v) is 5.35. The molecular weight excluding hydrogens is 337 g/mol. The van der Waals surface area contributed by atoms with E-state index in [9.17, 15) is 4.39 Å². The summed E-state index contributed by atoms with van der Waals surface area (Å²) in [5.74, 6) is 1.29. The van der Waals surface area contributed by atoms with Gasteiger partial charge in [-0.3, -0.25) is 4.98 Å². The molecule has 5 rings (SSSR count). The van der Waals surface area contributed by atoms with Gasteiger partial charge in [0.2, 0.25) is 0 Å². The van der Waals surface area contributed by atoms with Crippen LogP contribution in [0, 0.1) is 18.2 Å². The van der Waals surface area contributed by atoms with Crippen molar-refractivity contribution >= 4 is 5.52 Å². The first kappa shape index (κ1) is 16.2. The summed E-state index contributed by atoms with van der Waals surface area (Å²) in [6.07, 6.45) is 10.9. The number of hydrogen-bond acceptors (Lipinski definition) is 2. The van der Waals surface area contributed by atoms with Crippen LogP contribution in [-0.4, -0.2) is 14.4 Å². The number of benzene rings is 2. The van der Waals surface area contributed by atoms with Crippen molar-refractivity contribution in [3.8, 4) is 11.3 Å². The van der Waals surface area contributed by atoms with Crippen LogP contribution in [0.3, 0.4) is 0 Å².